The number of hydrogen-bond acceptors (Lipinski definition) is 4. The highest BCUT2D eigenvalue weighted by molar-refractivity contribution is 5.81. The van der Waals surface area contributed by atoms with Gasteiger partial charge in [-0.2, -0.15) is 4.91 Å². The Morgan fingerprint density at radius 2 is 2.07 bits per heavy atom. The van der Waals surface area contributed by atoms with Gasteiger partial charge in [0.05, 0.1) is 6.04 Å². The summed E-state index contributed by atoms with van der Waals surface area (Å²) in [7, 11) is 0. The van der Waals surface area contributed by atoms with E-state index in [1.165, 1.54) is 6.92 Å². The van der Waals surface area contributed by atoms with Crippen LogP contribution in [0.25, 0.3) is 0 Å². The molecule has 4 heteroatoms. The lowest BCUT2D eigenvalue weighted by Gasteiger charge is -2.11. The number of nitrogens with zero attached hydrogens (tertiary/aromatic N) is 1. The number of carbonyl (C=O) groups is 1. The Hall–Kier alpha value is -1.55. The van der Waals surface area contributed by atoms with E-state index in [0.717, 1.165) is 5.56 Å². The molecule has 0 aromatic heterocycles. The molecule has 1 rings (SSSR count). The minimum atomic E-state index is -0.470. The van der Waals surface area contributed by atoms with Crippen molar-refractivity contribution in [2.75, 3.05) is 6.54 Å². The lowest BCUT2D eigenvalue weighted by Crippen LogP contribution is -2.37. The number of carbonyl (C=O) groups excluding carboxylic acids is 1. The maximum absolute atomic E-state index is 11.1. The molecule has 4 nitrogen and oxygen atoms in total. The summed E-state index contributed by atoms with van der Waals surface area (Å²) < 4.78 is 0. The number of Topliss-reactive ketones (excluding diaryl/α,β-unsaturated/α-hetero) is 1. The van der Waals surface area contributed by atoms with E-state index in [1.54, 1.807) is 0 Å². The first-order valence-electron chi connectivity index (χ1n) is 4.81. The van der Waals surface area contributed by atoms with Crippen molar-refractivity contribution in [3.8, 4) is 0 Å². The molecule has 1 aromatic rings. The monoisotopic (exact) mass is 206 g/mol. The van der Waals surface area contributed by atoms with Gasteiger partial charge < -0.3 is 5.32 Å². The molecule has 0 bridgehead atoms. The van der Waals surface area contributed by atoms with Gasteiger partial charge in [-0.1, -0.05) is 35.5 Å². The quantitative estimate of drug-likeness (QED) is 0.717. The van der Waals surface area contributed by atoms with Crippen LogP contribution in [0.4, 0.5) is 0 Å². The van der Waals surface area contributed by atoms with E-state index in [-0.39, 0.29) is 12.3 Å². The minimum Gasteiger partial charge on any atom is -0.302 e. The van der Waals surface area contributed by atoms with E-state index in [0.29, 0.717) is 6.54 Å². The second-order valence-electron chi connectivity index (χ2n) is 3.34. The van der Waals surface area contributed by atoms with Gasteiger partial charge in [0, 0.05) is 6.54 Å². The lowest BCUT2D eigenvalue weighted by atomic mass is 10.1. The van der Waals surface area contributed by atoms with Crippen LogP contribution in [0, 0.1) is 4.91 Å². The first kappa shape index (κ1) is 11.5. The van der Waals surface area contributed by atoms with E-state index in [1.807, 2.05) is 30.3 Å². The van der Waals surface area contributed by atoms with Gasteiger partial charge in [-0.25, -0.2) is 0 Å². The summed E-state index contributed by atoms with van der Waals surface area (Å²) in [5, 5.41) is 5.73. The molecule has 0 aliphatic rings. The number of benzene rings is 1. The van der Waals surface area contributed by atoms with Crippen LogP contribution in [0.3, 0.4) is 0 Å². The summed E-state index contributed by atoms with van der Waals surface area (Å²) >= 11 is 0. The molecular formula is C11H14N2O2. The van der Waals surface area contributed by atoms with Crippen molar-refractivity contribution < 1.29 is 4.79 Å². The second-order valence-corrected chi connectivity index (χ2v) is 3.34. The van der Waals surface area contributed by atoms with Gasteiger partial charge in [0.15, 0.2) is 0 Å². The van der Waals surface area contributed by atoms with Gasteiger partial charge in [-0.05, 0) is 12.5 Å². The van der Waals surface area contributed by atoms with E-state index in [4.69, 9.17) is 0 Å². The fourth-order valence-corrected chi connectivity index (χ4v) is 1.25. The Morgan fingerprint density at radius 1 is 1.40 bits per heavy atom. The second kappa shape index (κ2) is 6.03. The highest BCUT2D eigenvalue weighted by Crippen LogP contribution is 1.99. The lowest BCUT2D eigenvalue weighted by molar-refractivity contribution is -0.118. The number of nitrogens with one attached hydrogen (secondary N) is 1. The molecule has 0 radical (unpaired) electrons. The molecule has 0 fully saturated rings. The topological polar surface area (TPSA) is 58.5 Å². The van der Waals surface area contributed by atoms with Crippen molar-refractivity contribution in [2.45, 2.75) is 19.5 Å². The highest BCUT2D eigenvalue weighted by Gasteiger charge is 2.12. The Kier molecular flexibility index (Phi) is 4.63. The molecular weight excluding hydrogens is 192 g/mol. The summed E-state index contributed by atoms with van der Waals surface area (Å²) in [4.78, 5) is 21.2. The van der Waals surface area contributed by atoms with Crippen LogP contribution >= 0.6 is 0 Å². The van der Waals surface area contributed by atoms with Gasteiger partial charge in [0.2, 0.25) is 0 Å². The maximum atomic E-state index is 11.1. The smallest absolute Gasteiger partial charge is 0.148 e. The third-order valence-corrected chi connectivity index (χ3v) is 2.14. The summed E-state index contributed by atoms with van der Waals surface area (Å²) in [6.07, 6.45) is 0. The summed E-state index contributed by atoms with van der Waals surface area (Å²) in [6.45, 7) is 2.01. The molecule has 1 unspecified atom stereocenters. The van der Waals surface area contributed by atoms with Crippen molar-refractivity contribution in [2.24, 2.45) is 5.18 Å². The van der Waals surface area contributed by atoms with Crippen LogP contribution in [0.2, 0.25) is 0 Å². The Morgan fingerprint density at radius 3 is 2.60 bits per heavy atom. The SMILES string of the molecule is CC(=O)C(CN=O)NCc1ccccc1. The average Bonchev–Trinajstić information content (AvgIpc) is 2.25. The molecule has 0 aliphatic heterocycles. The first-order valence-corrected chi connectivity index (χ1v) is 4.81. The molecule has 0 aliphatic carbocycles. The summed E-state index contributed by atoms with van der Waals surface area (Å²) in [6, 6.07) is 9.23. The Labute approximate surface area is 88.7 Å². The van der Waals surface area contributed by atoms with Gasteiger partial charge in [0.1, 0.15) is 12.3 Å². The Balaban J connectivity index is 2.47. The molecule has 1 atom stereocenters. The predicted molar refractivity (Wildman–Crippen MR) is 58.4 cm³/mol. The van der Waals surface area contributed by atoms with E-state index in [2.05, 4.69) is 10.5 Å². The van der Waals surface area contributed by atoms with Crippen molar-refractivity contribution in [3.63, 3.8) is 0 Å². The number of hydrogen-bond donors (Lipinski definition) is 1. The molecule has 80 valence electrons. The summed E-state index contributed by atoms with van der Waals surface area (Å²) in [5.41, 5.74) is 1.08. The highest BCUT2D eigenvalue weighted by atomic mass is 16.3. The van der Waals surface area contributed by atoms with Crippen LogP contribution in [0.15, 0.2) is 35.5 Å². The zero-order valence-electron chi connectivity index (χ0n) is 8.64. The van der Waals surface area contributed by atoms with Crippen LogP contribution in [-0.4, -0.2) is 18.4 Å². The normalized spacial score (nSPS) is 12.1. The standard InChI is InChI=1S/C11H14N2O2/c1-9(14)11(8-13-15)12-7-10-5-3-2-4-6-10/h2-6,11-12H,7-8H2,1H3. The molecule has 1 aromatic carbocycles. The zero-order chi connectivity index (χ0) is 11.1. The number of ketones is 1. The van der Waals surface area contributed by atoms with Gasteiger partial charge in [-0.3, -0.25) is 4.79 Å². The van der Waals surface area contributed by atoms with Gasteiger partial charge in [-0.15, -0.1) is 0 Å². The predicted octanol–water partition coefficient (Wildman–Crippen LogP) is 1.50. The van der Waals surface area contributed by atoms with E-state index >= 15 is 0 Å². The minimum absolute atomic E-state index is 0.0117. The van der Waals surface area contributed by atoms with Crippen LogP contribution in [-0.2, 0) is 11.3 Å². The molecule has 0 heterocycles. The fourth-order valence-electron chi connectivity index (χ4n) is 1.25. The summed E-state index contributed by atoms with van der Waals surface area (Å²) in [5.74, 6) is -0.0643. The third-order valence-electron chi connectivity index (χ3n) is 2.14. The van der Waals surface area contributed by atoms with Gasteiger partial charge in [0.25, 0.3) is 0 Å². The largest absolute Gasteiger partial charge is 0.302 e. The van der Waals surface area contributed by atoms with Crippen LogP contribution in [0.1, 0.15) is 12.5 Å². The zero-order valence-corrected chi connectivity index (χ0v) is 8.64. The third kappa shape index (κ3) is 3.99. The molecule has 0 spiro atoms. The van der Waals surface area contributed by atoms with Crippen molar-refractivity contribution >= 4 is 5.78 Å². The fraction of sp³-hybridized carbons (Fsp3) is 0.364. The van der Waals surface area contributed by atoms with Crippen LogP contribution in [0.5, 0.6) is 0 Å². The van der Waals surface area contributed by atoms with Crippen molar-refractivity contribution in [1.82, 2.24) is 5.32 Å². The maximum Gasteiger partial charge on any atom is 0.148 e. The molecule has 0 amide bonds. The molecule has 0 saturated heterocycles. The average molecular weight is 206 g/mol. The van der Waals surface area contributed by atoms with E-state index in [9.17, 15) is 9.70 Å². The van der Waals surface area contributed by atoms with Crippen molar-refractivity contribution in [1.29, 1.82) is 0 Å². The van der Waals surface area contributed by atoms with Crippen LogP contribution < -0.4 is 5.32 Å². The molecule has 0 saturated carbocycles. The van der Waals surface area contributed by atoms with E-state index < -0.39 is 6.04 Å². The number of nitroso groups, excluding NO2 is 1. The first-order chi connectivity index (χ1) is 7.24. The molecule has 1 N–H and O–H groups in total. The molecule has 15 heavy (non-hydrogen) atoms. The Bertz CT molecular complexity index is 325. The number of rotatable bonds is 6. The van der Waals surface area contributed by atoms with Gasteiger partial charge >= 0.3 is 0 Å². The van der Waals surface area contributed by atoms with Crippen molar-refractivity contribution in [3.05, 3.63) is 40.8 Å².